The molecule has 1 nitrogen and oxygen atoms in total. The predicted molar refractivity (Wildman–Crippen MR) is 37.7 cm³/mol. The molecule has 0 radical (unpaired) electrons. The monoisotopic (exact) mass is 158 g/mol. The maximum atomic E-state index is 12.7. The number of aryl methyl sites for hydroxylation is 1. The molecular formula is C8H8F2O. The summed E-state index contributed by atoms with van der Waals surface area (Å²) in [4.78, 5) is 0. The fourth-order valence-corrected chi connectivity index (χ4v) is 0.726. The van der Waals surface area contributed by atoms with Gasteiger partial charge in [-0.2, -0.15) is 0 Å². The summed E-state index contributed by atoms with van der Waals surface area (Å²) in [5.41, 5.74) is 0.524. The second-order valence-corrected chi connectivity index (χ2v) is 2.16. The van der Waals surface area contributed by atoms with Crippen LogP contribution < -0.4 is 4.74 Å². The minimum Gasteiger partial charge on any atom is -0.463 e. The van der Waals surface area contributed by atoms with Crippen LogP contribution in [0, 0.1) is 12.7 Å². The van der Waals surface area contributed by atoms with Crippen LogP contribution in [0.1, 0.15) is 5.56 Å². The fraction of sp³-hybridized carbons (Fsp3) is 0.250. The van der Waals surface area contributed by atoms with Crippen molar-refractivity contribution in [2.75, 3.05) is 6.86 Å². The Balaban J connectivity index is 2.86. The lowest BCUT2D eigenvalue weighted by atomic mass is 10.2. The molecule has 3 heteroatoms. The molecule has 0 bridgehead atoms. The second-order valence-electron chi connectivity index (χ2n) is 2.16. The Labute approximate surface area is 63.6 Å². The first-order valence-electron chi connectivity index (χ1n) is 3.19. The standard InChI is InChI=1S/C8H8F2O/c1-6-2-3-7(11-5-9)4-8(6)10/h2-4H,5H2,1H3. The van der Waals surface area contributed by atoms with Crippen molar-refractivity contribution >= 4 is 0 Å². The summed E-state index contributed by atoms with van der Waals surface area (Å²) >= 11 is 0. The van der Waals surface area contributed by atoms with Crippen molar-refractivity contribution in [3.05, 3.63) is 29.6 Å². The molecule has 0 fully saturated rings. The molecule has 11 heavy (non-hydrogen) atoms. The predicted octanol–water partition coefficient (Wildman–Crippen LogP) is 2.44. The summed E-state index contributed by atoms with van der Waals surface area (Å²) in [6.07, 6.45) is 0. The highest BCUT2D eigenvalue weighted by Crippen LogP contribution is 2.15. The molecule has 1 aromatic carbocycles. The molecule has 0 spiro atoms. The first kappa shape index (κ1) is 7.98. The van der Waals surface area contributed by atoms with Gasteiger partial charge in [0.15, 0.2) is 0 Å². The minimum absolute atomic E-state index is 0.218. The zero-order chi connectivity index (χ0) is 8.27. The van der Waals surface area contributed by atoms with E-state index in [1.165, 1.54) is 6.07 Å². The van der Waals surface area contributed by atoms with Crippen molar-refractivity contribution in [1.29, 1.82) is 0 Å². The number of ether oxygens (including phenoxy) is 1. The van der Waals surface area contributed by atoms with Crippen LogP contribution in [0.2, 0.25) is 0 Å². The molecule has 0 saturated carbocycles. The van der Waals surface area contributed by atoms with Crippen molar-refractivity contribution in [3.63, 3.8) is 0 Å². The Morgan fingerprint density at radius 2 is 2.18 bits per heavy atom. The minimum atomic E-state index is -0.928. The van der Waals surface area contributed by atoms with Gasteiger partial charge >= 0.3 is 0 Å². The summed E-state index contributed by atoms with van der Waals surface area (Å²) in [5, 5.41) is 0. The van der Waals surface area contributed by atoms with Gasteiger partial charge in [0.2, 0.25) is 6.86 Å². The van der Waals surface area contributed by atoms with Gasteiger partial charge in [-0.25, -0.2) is 8.78 Å². The third-order valence-corrected chi connectivity index (χ3v) is 1.36. The van der Waals surface area contributed by atoms with E-state index in [-0.39, 0.29) is 11.6 Å². The molecule has 0 aliphatic carbocycles. The molecule has 0 atom stereocenters. The fourth-order valence-electron chi connectivity index (χ4n) is 0.726. The van der Waals surface area contributed by atoms with E-state index in [0.29, 0.717) is 5.56 Å². The molecule has 1 rings (SSSR count). The molecule has 60 valence electrons. The molecule has 0 aromatic heterocycles. The summed E-state index contributed by atoms with van der Waals surface area (Å²) < 4.78 is 28.7. The van der Waals surface area contributed by atoms with Crippen molar-refractivity contribution in [2.45, 2.75) is 6.92 Å². The molecule has 0 unspecified atom stereocenters. The SMILES string of the molecule is Cc1ccc(OCF)cc1F. The molecule has 0 saturated heterocycles. The summed E-state index contributed by atoms with van der Waals surface area (Å²) in [6, 6.07) is 4.23. The van der Waals surface area contributed by atoms with E-state index in [9.17, 15) is 8.78 Å². The molecule has 0 heterocycles. The average molecular weight is 158 g/mol. The first-order chi connectivity index (χ1) is 5.24. The largest absolute Gasteiger partial charge is 0.463 e. The van der Waals surface area contributed by atoms with Gasteiger partial charge in [-0.3, -0.25) is 0 Å². The smallest absolute Gasteiger partial charge is 0.228 e. The normalized spacial score (nSPS) is 9.73. The molecular weight excluding hydrogens is 150 g/mol. The van der Waals surface area contributed by atoms with Gasteiger partial charge in [-0.05, 0) is 18.6 Å². The quantitative estimate of drug-likeness (QED) is 0.642. The highest BCUT2D eigenvalue weighted by Gasteiger charge is 1.98. The van der Waals surface area contributed by atoms with Gasteiger partial charge < -0.3 is 4.74 Å². The van der Waals surface area contributed by atoms with Crippen LogP contribution in [0.4, 0.5) is 8.78 Å². The Morgan fingerprint density at radius 3 is 2.73 bits per heavy atom. The zero-order valence-electron chi connectivity index (χ0n) is 6.10. The number of hydrogen-bond acceptors (Lipinski definition) is 1. The van der Waals surface area contributed by atoms with Gasteiger partial charge in [-0.1, -0.05) is 6.07 Å². The van der Waals surface area contributed by atoms with E-state index in [2.05, 4.69) is 4.74 Å². The van der Waals surface area contributed by atoms with Gasteiger partial charge in [-0.15, -0.1) is 0 Å². The van der Waals surface area contributed by atoms with Gasteiger partial charge in [0.05, 0.1) is 0 Å². The van der Waals surface area contributed by atoms with E-state index in [4.69, 9.17) is 0 Å². The van der Waals surface area contributed by atoms with E-state index in [1.807, 2.05) is 0 Å². The van der Waals surface area contributed by atoms with E-state index >= 15 is 0 Å². The third-order valence-electron chi connectivity index (χ3n) is 1.36. The van der Waals surface area contributed by atoms with Crippen molar-refractivity contribution < 1.29 is 13.5 Å². The molecule has 0 N–H and O–H groups in total. The Bertz CT molecular complexity index is 248. The maximum absolute atomic E-state index is 12.7. The Kier molecular flexibility index (Phi) is 2.41. The molecule has 0 amide bonds. The van der Waals surface area contributed by atoms with Gasteiger partial charge in [0, 0.05) is 6.07 Å². The number of rotatable bonds is 2. The van der Waals surface area contributed by atoms with Crippen molar-refractivity contribution in [1.82, 2.24) is 0 Å². The first-order valence-corrected chi connectivity index (χ1v) is 3.19. The zero-order valence-corrected chi connectivity index (χ0v) is 6.10. The summed E-state index contributed by atoms with van der Waals surface area (Å²) in [5.74, 6) is -0.161. The molecule has 0 aliphatic heterocycles. The van der Waals surface area contributed by atoms with Crippen LogP contribution >= 0.6 is 0 Å². The van der Waals surface area contributed by atoms with Gasteiger partial charge in [0.25, 0.3) is 0 Å². The second kappa shape index (κ2) is 3.32. The van der Waals surface area contributed by atoms with E-state index < -0.39 is 6.86 Å². The number of halogens is 2. The number of benzene rings is 1. The lowest BCUT2D eigenvalue weighted by Crippen LogP contribution is -1.91. The van der Waals surface area contributed by atoms with Crippen LogP contribution in [0.5, 0.6) is 5.75 Å². The summed E-state index contributed by atoms with van der Waals surface area (Å²) in [6.45, 7) is 0.705. The van der Waals surface area contributed by atoms with Crippen molar-refractivity contribution in [3.8, 4) is 5.75 Å². The van der Waals surface area contributed by atoms with Crippen molar-refractivity contribution in [2.24, 2.45) is 0 Å². The number of alkyl halides is 1. The van der Waals surface area contributed by atoms with E-state index in [1.54, 1.807) is 13.0 Å². The Hall–Kier alpha value is -1.12. The van der Waals surface area contributed by atoms with Crippen LogP contribution in [-0.2, 0) is 0 Å². The highest BCUT2D eigenvalue weighted by atomic mass is 19.1. The average Bonchev–Trinajstić information content (AvgIpc) is 1.98. The van der Waals surface area contributed by atoms with E-state index in [0.717, 1.165) is 6.07 Å². The van der Waals surface area contributed by atoms with Crippen LogP contribution in [0.25, 0.3) is 0 Å². The third kappa shape index (κ3) is 1.90. The molecule has 0 aliphatic rings. The van der Waals surface area contributed by atoms with Crippen LogP contribution in [0.3, 0.4) is 0 Å². The lowest BCUT2D eigenvalue weighted by Gasteiger charge is -2.01. The lowest BCUT2D eigenvalue weighted by molar-refractivity contribution is 0.191. The highest BCUT2D eigenvalue weighted by molar-refractivity contribution is 5.27. The van der Waals surface area contributed by atoms with Gasteiger partial charge in [0.1, 0.15) is 11.6 Å². The Morgan fingerprint density at radius 1 is 1.45 bits per heavy atom. The molecule has 1 aromatic rings. The van der Waals surface area contributed by atoms with Crippen LogP contribution in [-0.4, -0.2) is 6.86 Å². The summed E-state index contributed by atoms with van der Waals surface area (Å²) in [7, 11) is 0. The topological polar surface area (TPSA) is 9.23 Å². The van der Waals surface area contributed by atoms with Crippen LogP contribution in [0.15, 0.2) is 18.2 Å². The number of hydrogen-bond donors (Lipinski definition) is 0. The maximum Gasteiger partial charge on any atom is 0.228 e.